The van der Waals surface area contributed by atoms with Crippen molar-refractivity contribution < 1.29 is 33.7 Å². The molecule has 2 saturated heterocycles. The second-order valence-corrected chi connectivity index (χ2v) is 19.2. The quantitative estimate of drug-likeness (QED) is 0.0489. The average molecular weight is 1030 g/mol. The molecule has 4 N–H and O–H groups in total. The third kappa shape index (κ3) is 11.3. The Morgan fingerprint density at radius 2 is 1.81 bits per heavy atom. The van der Waals surface area contributed by atoms with Crippen LogP contribution in [0.3, 0.4) is 0 Å². The number of nitrogens with zero attached hydrogens (tertiary/aromatic N) is 9. The number of fused-ring (bicyclic) bond motifs is 2. The van der Waals surface area contributed by atoms with Crippen LogP contribution in [0.25, 0.3) is 27.8 Å². The first-order chi connectivity index (χ1) is 35.9. The summed E-state index contributed by atoms with van der Waals surface area (Å²) in [5.41, 5.74) is 4.53. The number of hydrogen-bond donors (Lipinski definition) is 4. The van der Waals surface area contributed by atoms with Gasteiger partial charge in [0.25, 0.3) is 5.91 Å². The van der Waals surface area contributed by atoms with Gasteiger partial charge in [0.1, 0.15) is 23.9 Å². The molecule has 3 aliphatic heterocycles. The van der Waals surface area contributed by atoms with Crippen LogP contribution in [0.5, 0.6) is 17.5 Å². The number of rotatable bonds is 19. The van der Waals surface area contributed by atoms with Gasteiger partial charge in [-0.15, -0.1) is 0 Å². The van der Waals surface area contributed by atoms with Gasteiger partial charge in [-0.3, -0.25) is 14.5 Å². The van der Waals surface area contributed by atoms with Gasteiger partial charge in [0, 0.05) is 81.0 Å². The number of phenols is 2. The molecule has 18 nitrogen and oxygen atoms in total. The highest BCUT2D eigenvalue weighted by atomic mass is 35.5. The highest BCUT2D eigenvalue weighted by Crippen LogP contribution is 2.38. The molecule has 2 aromatic heterocycles. The zero-order chi connectivity index (χ0) is 51.9. The maximum atomic E-state index is 14.1. The van der Waals surface area contributed by atoms with E-state index in [4.69, 9.17) is 31.0 Å². The molecule has 386 valence electrons. The van der Waals surface area contributed by atoms with E-state index >= 15 is 0 Å². The number of aromatic nitrogens is 5. The van der Waals surface area contributed by atoms with E-state index in [9.17, 15) is 34.2 Å². The predicted molar refractivity (Wildman–Crippen MR) is 278 cm³/mol. The van der Waals surface area contributed by atoms with Crippen LogP contribution in [0.1, 0.15) is 61.4 Å². The van der Waals surface area contributed by atoms with E-state index in [0.717, 1.165) is 65.6 Å². The Bertz CT molecular complexity index is 3140. The molecule has 4 aromatic carbocycles. The smallest absolute Gasteiger partial charge is 0.348 e. The second kappa shape index (κ2) is 23.1. The molecule has 5 heterocycles. The molecule has 2 unspecified atom stereocenters. The predicted octanol–water partition coefficient (Wildman–Crippen LogP) is 6.73. The summed E-state index contributed by atoms with van der Waals surface area (Å²) in [5.74, 6) is -1.37. The number of hydrogen-bond acceptors (Lipinski definition) is 14. The first-order valence-corrected chi connectivity index (χ1v) is 25.4. The SMILES string of the molecule is C=C(F)C(=O)N1CCN(c2nc(OCC3CCCN3CCCOCCC(=O)NCc3ccc(-n4c(-c5cc(CC)c(O)cc5O)n[nH]c4=O)cc3)nc3c2CCN(c2cccc4cccc(Cl)c24)C3)CC1CC#N. The number of aromatic amines is 1. The number of aromatic hydroxyl groups is 2. The van der Waals surface area contributed by atoms with E-state index in [-0.39, 0.29) is 74.4 Å². The lowest BCUT2D eigenvalue weighted by Crippen LogP contribution is -2.55. The Morgan fingerprint density at radius 1 is 1.00 bits per heavy atom. The Kier molecular flexibility index (Phi) is 16.1. The number of amides is 2. The van der Waals surface area contributed by atoms with Crippen molar-refractivity contribution in [2.75, 3.05) is 68.9 Å². The number of anilines is 2. The lowest BCUT2D eigenvalue weighted by atomic mass is 10.0. The molecule has 0 radical (unpaired) electrons. The molecule has 3 aliphatic rings. The molecule has 0 saturated carbocycles. The summed E-state index contributed by atoms with van der Waals surface area (Å²) in [7, 11) is 0. The van der Waals surface area contributed by atoms with Crippen LogP contribution in [0.2, 0.25) is 5.02 Å². The molecule has 0 bridgehead atoms. The number of carbonyl (C=O) groups excluding carboxylic acids is 2. The first-order valence-electron chi connectivity index (χ1n) is 25.0. The molecule has 20 heteroatoms. The van der Waals surface area contributed by atoms with Crippen LogP contribution < -0.4 is 25.5 Å². The Hall–Kier alpha value is -7.53. The number of H-pyrrole nitrogens is 1. The van der Waals surface area contributed by atoms with Crippen LogP contribution >= 0.6 is 11.6 Å². The molecule has 6 aromatic rings. The minimum Gasteiger partial charge on any atom is -0.508 e. The van der Waals surface area contributed by atoms with E-state index in [2.05, 4.69) is 48.9 Å². The first kappa shape index (κ1) is 51.4. The molecule has 2 amide bonds. The summed E-state index contributed by atoms with van der Waals surface area (Å²) in [6, 6.07) is 23.9. The number of benzene rings is 4. The van der Waals surface area contributed by atoms with Gasteiger partial charge in [-0.05, 0) is 85.5 Å². The maximum absolute atomic E-state index is 14.1. The fourth-order valence-corrected chi connectivity index (χ4v) is 10.5. The fraction of sp³-hybridized carbons (Fsp3) is 0.389. The van der Waals surface area contributed by atoms with Crippen LogP contribution in [-0.2, 0) is 40.3 Å². The highest BCUT2D eigenvalue weighted by Gasteiger charge is 2.35. The second-order valence-electron chi connectivity index (χ2n) is 18.7. The number of phenolic OH excluding ortho intramolecular Hbond substituents is 2. The number of aryl methyl sites for hydroxylation is 1. The van der Waals surface area contributed by atoms with E-state index in [1.165, 1.54) is 15.5 Å². The van der Waals surface area contributed by atoms with Crippen molar-refractivity contribution in [2.45, 2.75) is 77.0 Å². The average Bonchev–Trinajstić information content (AvgIpc) is 4.03. The minimum absolute atomic E-state index is 0.0257. The van der Waals surface area contributed by atoms with Crippen molar-refractivity contribution in [1.29, 1.82) is 5.26 Å². The van der Waals surface area contributed by atoms with Gasteiger partial charge in [-0.1, -0.05) is 61.5 Å². The van der Waals surface area contributed by atoms with Gasteiger partial charge < -0.3 is 39.7 Å². The summed E-state index contributed by atoms with van der Waals surface area (Å²) >= 11 is 6.78. The van der Waals surface area contributed by atoms with Crippen LogP contribution in [-0.4, -0.2) is 128 Å². The zero-order valence-corrected chi connectivity index (χ0v) is 42.0. The van der Waals surface area contributed by atoms with Crippen molar-refractivity contribution in [3.8, 4) is 40.7 Å². The van der Waals surface area contributed by atoms with Crippen molar-refractivity contribution in [3.63, 3.8) is 0 Å². The summed E-state index contributed by atoms with van der Waals surface area (Å²) in [4.78, 5) is 56.4. The summed E-state index contributed by atoms with van der Waals surface area (Å²) in [5, 5.41) is 42.6. The normalized spacial score (nSPS) is 16.8. The minimum atomic E-state index is -1.05. The van der Waals surface area contributed by atoms with Crippen LogP contribution in [0, 0.1) is 11.3 Å². The summed E-state index contributed by atoms with van der Waals surface area (Å²) in [6.45, 7) is 10.2. The lowest BCUT2D eigenvalue weighted by Gasteiger charge is -2.42. The van der Waals surface area contributed by atoms with Gasteiger partial charge in [-0.25, -0.2) is 18.9 Å². The molecule has 0 aliphatic carbocycles. The zero-order valence-electron chi connectivity index (χ0n) is 41.2. The van der Waals surface area contributed by atoms with E-state index < -0.39 is 23.5 Å². The maximum Gasteiger partial charge on any atom is 0.348 e. The third-order valence-corrected chi connectivity index (χ3v) is 14.4. The van der Waals surface area contributed by atoms with Crippen molar-refractivity contribution in [1.82, 2.24) is 39.8 Å². The number of carbonyl (C=O) groups is 2. The number of nitriles is 1. The number of piperazine rings is 1. The van der Waals surface area contributed by atoms with E-state index in [1.54, 1.807) is 30.3 Å². The standard InChI is InChI=1S/C54H59ClFN11O7/c1-3-36-28-42(47(69)29-46(36)68)51-61-62-54(72)67(51)38-15-13-35(14-16-38)30-58-48(70)19-27-73-26-7-22-63-21-6-10-40(63)33-74-53-59-44-32-64(45-12-5-9-37-8-4-11-43(55)49(37)45)23-18-41(44)50(60-53)65-24-25-66(52(71)34(2)56)39(31-65)17-20-57/h4-5,8-9,11-16,28-29,39-40,68-69H,2-3,6-7,10,17-19,21-27,30-33H2,1H3,(H,58,70)(H,62,72). The fourth-order valence-electron chi connectivity index (χ4n) is 10.3. The third-order valence-electron chi connectivity index (χ3n) is 14.1. The van der Waals surface area contributed by atoms with Crippen LogP contribution in [0.4, 0.5) is 15.9 Å². The molecule has 0 spiro atoms. The van der Waals surface area contributed by atoms with Crippen molar-refractivity contribution >= 4 is 45.7 Å². The van der Waals surface area contributed by atoms with Gasteiger partial charge in [0.05, 0.1) is 53.7 Å². The molecule has 74 heavy (non-hydrogen) atoms. The van der Waals surface area contributed by atoms with E-state index in [0.29, 0.717) is 73.3 Å². The molecule has 2 atom stereocenters. The topological polar surface area (TPSA) is 218 Å². The summed E-state index contributed by atoms with van der Waals surface area (Å²) < 4.78 is 27.8. The molecular weight excluding hydrogens is 969 g/mol. The number of likely N-dealkylation sites (tertiary alicyclic amines) is 1. The Morgan fingerprint density at radius 3 is 2.59 bits per heavy atom. The number of ether oxygens (including phenoxy) is 2. The Labute approximate surface area is 432 Å². The highest BCUT2D eigenvalue weighted by molar-refractivity contribution is 6.36. The van der Waals surface area contributed by atoms with Crippen molar-refractivity contribution in [2.24, 2.45) is 0 Å². The Balaban J connectivity index is 0.775. The molecular formula is C54H59ClFN11O7. The molecule has 2 fully saturated rings. The lowest BCUT2D eigenvalue weighted by molar-refractivity contribution is -0.131. The van der Waals surface area contributed by atoms with Gasteiger partial charge in [0.2, 0.25) is 5.91 Å². The number of nitrogens with one attached hydrogen (secondary N) is 2. The van der Waals surface area contributed by atoms with E-state index in [1.807, 2.05) is 37.3 Å². The largest absolute Gasteiger partial charge is 0.508 e. The number of halogens is 2. The summed E-state index contributed by atoms with van der Waals surface area (Å²) in [6.07, 6.45) is 4.08. The molecule has 9 rings (SSSR count). The monoisotopic (exact) mass is 1030 g/mol. The van der Waals surface area contributed by atoms with Gasteiger partial charge in [-0.2, -0.15) is 20.3 Å². The van der Waals surface area contributed by atoms with Gasteiger partial charge >= 0.3 is 11.7 Å². The van der Waals surface area contributed by atoms with Crippen molar-refractivity contribution in [3.05, 3.63) is 123 Å². The van der Waals surface area contributed by atoms with Crippen LogP contribution in [0.15, 0.2) is 90.0 Å². The van der Waals surface area contributed by atoms with Gasteiger partial charge in [0.15, 0.2) is 11.7 Å².